The summed E-state index contributed by atoms with van der Waals surface area (Å²) in [5.74, 6) is 0. The van der Waals surface area contributed by atoms with Crippen molar-refractivity contribution in [1.82, 2.24) is 3.71 Å². The van der Waals surface area contributed by atoms with E-state index in [0.717, 1.165) is 0 Å². The van der Waals surface area contributed by atoms with Crippen molar-refractivity contribution in [1.29, 1.82) is 0 Å². The number of rotatable bonds is 2. The Balaban J connectivity index is 3.83. The molecule has 0 fully saturated rings. The van der Waals surface area contributed by atoms with E-state index in [1.807, 2.05) is 0 Å². The van der Waals surface area contributed by atoms with Gasteiger partial charge in [-0.25, -0.2) is 8.42 Å². The van der Waals surface area contributed by atoms with Crippen LogP contribution >= 0.6 is 0 Å². The first kappa shape index (κ1) is 8.26. The van der Waals surface area contributed by atoms with Crippen LogP contribution in [0.4, 0.5) is 0 Å². The van der Waals surface area contributed by atoms with Crippen molar-refractivity contribution in [3.63, 3.8) is 0 Å². The smallest absolute Gasteiger partial charge is 0.103 e. The second kappa shape index (κ2) is 3.32. The molecule has 8 heavy (non-hydrogen) atoms. The maximum atomic E-state index is 10.4. The molecule has 0 amide bonds. The zero-order valence-corrected chi connectivity index (χ0v) is 6.71. The van der Waals surface area contributed by atoms with Gasteiger partial charge in [-0.3, -0.25) is 0 Å². The number of hydrogen-bond acceptors (Lipinski definition) is 2. The van der Waals surface area contributed by atoms with Crippen LogP contribution in [0.25, 0.3) is 0 Å². The molecule has 2 atom stereocenters. The van der Waals surface area contributed by atoms with Gasteiger partial charge < -0.3 is 0 Å². The van der Waals surface area contributed by atoms with Crippen molar-refractivity contribution in [2.45, 2.75) is 0 Å². The maximum absolute atomic E-state index is 10.4. The van der Waals surface area contributed by atoms with E-state index in [0.29, 0.717) is 0 Å². The van der Waals surface area contributed by atoms with E-state index in [9.17, 15) is 8.42 Å². The molecular formula is C3H9NO2S2. The molecule has 0 bridgehead atoms. The summed E-state index contributed by atoms with van der Waals surface area (Å²) in [7, 11) is -0.667. The third-order valence-corrected chi connectivity index (χ3v) is 3.43. The Kier molecular flexibility index (Phi) is 3.43. The van der Waals surface area contributed by atoms with Gasteiger partial charge in [0.25, 0.3) is 0 Å². The maximum Gasteiger partial charge on any atom is 0.103 e. The quantitative estimate of drug-likeness (QED) is 0.539. The molecule has 2 unspecified atom stereocenters. The van der Waals surface area contributed by atoms with Gasteiger partial charge in [0.05, 0.1) is 0 Å². The molecule has 0 spiro atoms. The van der Waals surface area contributed by atoms with E-state index in [2.05, 4.69) is 0 Å². The van der Waals surface area contributed by atoms with Gasteiger partial charge in [0.1, 0.15) is 22.0 Å². The third-order valence-electron chi connectivity index (χ3n) is 0.724. The van der Waals surface area contributed by atoms with E-state index in [4.69, 9.17) is 0 Å². The first-order valence-electron chi connectivity index (χ1n) is 1.96. The molecule has 0 rings (SSSR count). The minimum Gasteiger partial charge on any atom is -0.242 e. The summed E-state index contributed by atoms with van der Waals surface area (Å²) in [6.07, 6.45) is 2.98. The van der Waals surface area contributed by atoms with Crippen molar-refractivity contribution < 1.29 is 8.42 Å². The van der Waals surface area contributed by atoms with E-state index in [-0.39, 0.29) is 0 Å². The Morgan fingerprint density at radius 2 is 1.38 bits per heavy atom. The first-order chi connectivity index (χ1) is 3.55. The SMILES string of the molecule is CN(S(C)=O)S(C)=O. The summed E-state index contributed by atoms with van der Waals surface area (Å²) in [5.41, 5.74) is 0. The van der Waals surface area contributed by atoms with Gasteiger partial charge in [0.15, 0.2) is 0 Å². The number of nitrogens with zero attached hydrogens (tertiary/aromatic N) is 1. The summed E-state index contributed by atoms with van der Waals surface area (Å²) in [6, 6.07) is 0. The van der Waals surface area contributed by atoms with E-state index >= 15 is 0 Å². The standard InChI is InChI=1S/C3H9NO2S2/c1-4(7(2)5)8(3)6/h1-3H3. The molecule has 0 aromatic heterocycles. The van der Waals surface area contributed by atoms with Crippen LogP contribution in [-0.2, 0) is 22.0 Å². The van der Waals surface area contributed by atoms with Gasteiger partial charge in [-0.15, -0.1) is 3.71 Å². The molecule has 3 nitrogen and oxygen atoms in total. The van der Waals surface area contributed by atoms with E-state index in [1.165, 1.54) is 16.2 Å². The first-order valence-corrected chi connectivity index (χ1v) is 4.99. The Bertz CT molecular complexity index is 110. The average molecular weight is 155 g/mol. The van der Waals surface area contributed by atoms with Crippen LogP contribution in [0, 0.1) is 0 Å². The lowest BCUT2D eigenvalue weighted by molar-refractivity contribution is 0.637. The predicted molar refractivity (Wildman–Crippen MR) is 35.9 cm³/mol. The molecule has 0 heterocycles. The fraction of sp³-hybridized carbons (Fsp3) is 1.00. The van der Waals surface area contributed by atoms with Crippen LogP contribution in [0.5, 0.6) is 0 Å². The summed E-state index contributed by atoms with van der Waals surface area (Å²) in [5, 5.41) is 0. The second-order valence-electron chi connectivity index (χ2n) is 1.29. The summed E-state index contributed by atoms with van der Waals surface area (Å²) in [4.78, 5) is 0. The van der Waals surface area contributed by atoms with Crippen LogP contribution in [-0.4, -0.2) is 31.7 Å². The van der Waals surface area contributed by atoms with Crippen LogP contribution in [0.1, 0.15) is 0 Å². The van der Waals surface area contributed by atoms with Crippen LogP contribution in [0.3, 0.4) is 0 Å². The van der Waals surface area contributed by atoms with Crippen molar-refractivity contribution in [2.24, 2.45) is 0 Å². The Morgan fingerprint density at radius 1 is 1.12 bits per heavy atom. The van der Waals surface area contributed by atoms with Crippen molar-refractivity contribution in [3.8, 4) is 0 Å². The van der Waals surface area contributed by atoms with Crippen molar-refractivity contribution in [2.75, 3.05) is 19.6 Å². The molecular weight excluding hydrogens is 146 g/mol. The predicted octanol–water partition coefficient (Wildman–Crippen LogP) is -0.495. The zero-order valence-electron chi connectivity index (χ0n) is 5.08. The molecule has 0 aliphatic heterocycles. The van der Waals surface area contributed by atoms with E-state index in [1.54, 1.807) is 7.05 Å². The highest BCUT2D eigenvalue weighted by atomic mass is 32.3. The minimum atomic E-state index is -1.11. The normalized spacial score (nSPS) is 18.5. The van der Waals surface area contributed by atoms with Crippen LogP contribution in [0.2, 0.25) is 0 Å². The Labute approximate surface area is 54.2 Å². The fourth-order valence-corrected chi connectivity index (χ4v) is 1.33. The third kappa shape index (κ3) is 2.54. The molecule has 5 heteroatoms. The van der Waals surface area contributed by atoms with E-state index < -0.39 is 22.0 Å². The summed E-state index contributed by atoms with van der Waals surface area (Å²) < 4.78 is 22.1. The lowest BCUT2D eigenvalue weighted by atomic mass is 11.6. The van der Waals surface area contributed by atoms with Crippen LogP contribution < -0.4 is 0 Å². The molecule has 0 aromatic rings. The average Bonchev–Trinajstić information content (AvgIpc) is 1.64. The van der Waals surface area contributed by atoms with Crippen LogP contribution in [0.15, 0.2) is 0 Å². The summed E-state index contributed by atoms with van der Waals surface area (Å²) in [6.45, 7) is 0. The van der Waals surface area contributed by atoms with Gasteiger partial charge >= 0.3 is 0 Å². The number of hydrogen-bond donors (Lipinski definition) is 0. The molecule has 0 aliphatic rings. The minimum absolute atomic E-state index is 1.11. The topological polar surface area (TPSA) is 37.4 Å². The van der Waals surface area contributed by atoms with Gasteiger partial charge in [-0.05, 0) is 0 Å². The lowest BCUT2D eigenvalue weighted by Crippen LogP contribution is -2.21. The lowest BCUT2D eigenvalue weighted by Gasteiger charge is -2.05. The highest BCUT2D eigenvalue weighted by Crippen LogP contribution is 1.88. The van der Waals surface area contributed by atoms with Crippen molar-refractivity contribution >= 4 is 22.0 Å². The second-order valence-corrected chi connectivity index (χ2v) is 4.31. The van der Waals surface area contributed by atoms with Crippen molar-refractivity contribution in [3.05, 3.63) is 0 Å². The summed E-state index contributed by atoms with van der Waals surface area (Å²) >= 11 is 0. The van der Waals surface area contributed by atoms with Gasteiger partial charge in [-0.2, -0.15) is 0 Å². The molecule has 0 aromatic carbocycles. The largest absolute Gasteiger partial charge is 0.242 e. The molecule has 0 N–H and O–H groups in total. The van der Waals surface area contributed by atoms with Gasteiger partial charge in [0, 0.05) is 19.6 Å². The highest BCUT2D eigenvalue weighted by Gasteiger charge is 2.03. The highest BCUT2D eigenvalue weighted by molar-refractivity contribution is 7.97. The van der Waals surface area contributed by atoms with Gasteiger partial charge in [0.2, 0.25) is 0 Å². The molecule has 0 aliphatic carbocycles. The molecule has 0 saturated heterocycles. The fourth-order valence-electron chi connectivity index (χ4n) is 0.148. The molecule has 50 valence electrons. The molecule has 0 saturated carbocycles. The zero-order chi connectivity index (χ0) is 6.73. The Morgan fingerprint density at radius 3 is 1.38 bits per heavy atom. The molecule has 0 radical (unpaired) electrons. The Hall–Kier alpha value is 0.260. The monoisotopic (exact) mass is 155 g/mol. The van der Waals surface area contributed by atoms with Gasteiger partial charge in [-0.1, -0.05) is 0 Å².